The van der Waals surface area contributed by atoms with E-state index in [1.807, 2.05) is 6.07 Å². The standard InChI is InChI=1S/C11H13ClOS/c12-11-6-5-10(14-11)8-3-1-2-4-9(13)7-8/h5-6,8H,1-4,7H2. The molecule has 0 aromatic carbocycles. The fraction of sp³-hybridized carbons (Fsp3) is 0.545. The summed E-state index contributed by atoms with van der Waals surface area (Å²) >= 11 is 7.51. The molecule has 1 aliphatic rings. The van der Waals surface area contributed by atoms with Crippen molar-refractivity contribution in [2.75, 3.05) is 0 Å². The molecule has 1 unspecified atom stereocenters. The minimum atomic E-state index is 0.414. The van der Waals surface area contributed by atoms with E-state index in [2.05, 4.69) is 6.07 Å². The van der Waals surface area contributed by atoms with E-state index in [0.29, 0.717) is 11.7 Å². The van der Waals surface area contributed by atoms with Gasteiger partial charge < -0.3 is 0 Å². The van der Waals surface area contributed by atoms with E-state index < -0.39 is 0 Å². The van der Waals surface area contributed by atoms with E-state index in [1.54, 1.807) is 11.3 Å². The van der Waals surface area contributed by atoms with Gasteiger partial charge in [0.1, 0.15) is 5.78 Å². The molecule has 76 valence electrons. The summed E-state index contributed by atoms with van der Waals surface area (Å²) in [5, 5.41) is 0. The number of ketones is 1. The molecule has 0 spiro atoms. The maximum Gasteiger partial charge on any atom is 0.133 e. The average molecular weight is 229 g/mol. The van der Waals surface area contributed by atoms with Gasteiger partial charge in [0, 0.05) is 23.6 Å². The Bertz CT molecular complexity index is 332. The largest absolute Gasteiger partial charge is 0.300 e. The van der Waals surface area contributed by atoms with Gasteiger partial charge in [-0.2, -0.15) is 0 Å². The summed E-state index contributed by atoms with van der Waals surface area (Å²) in [6.45, 7) is 0. The van der Waals surface area contributed by atoms with Crippen molar-refractivity contribution in [1.82, 2.24) is 0 Å². The quantitative estimate of drug-likeness (QED) is 0.664. The van der Waals surface area contributed by atoms with E-state index in [-0.39, 0.29) is 0 Å². The third kappa shape index (κ3) is 2.37. The topological polar surface area (TPSA) is 17.1 Å². The highest BCUT2D eigenvalue weighted by molar-refractivity contribution is 7.16. The second kappa shape index (κ2) is 4.45. The molecule has 1 atom stereocenters. The van der Waals surface area contributed by atoms with Gasteiger partial charge in [0.2, 0.25) is 0 Å². The van der Waals surface area contributed by atoms with Crippen molar-refractivity contribution in [2.24, 2.45) is 0 Å². The fourth-order valence-corrected chi connectivity index (χ4v) is 3.18. The van der Waals surface area contributed by atoms with Gasteiger partial charge in [0.05, 0.1) is 4.34 Å². The zero-order valence-electron chi connectivity index (χ0n) is 7.96. The highest BCUT2D eigenvalue weighted by Crippen LogP contribution is 2.35. The summed E-state index contributed by atoms with van der Waals surface area (Å²) in [5.74, 6) is 0.847. The first-order chi connectivity index (χ1) is 6.75. The molecule has 3 heteroatoms. The van der Waals surface area contributed by atoms with Gasteiger partial charge in [0.25, 0.3) is 0 Å². The second-order valence-electron chi connectivity index (χ2n) is 3.83. The first-order valence-electron chi connectivity index (χ1n) is 5.02. The van der Waals surface area contributed by atoms with Crippen LogP contribution in [0.5, 0.6) is 0 Å². The fourth-order valence-electron chi connectivity index (χ4n) is 1.98. The summed E-state index contributed by atoms with van der Waals surface area (Å²) < 4.78 is 0.830. The molecule has 1 nitrogen and oxygen atoms in total. The van der Waals surface area contributed by atoms with Crippen LogP contribution in [0, 0.1) is 0 Å². The van der Waals surface area contributed by atoms with E-state index in [4.69, 9.17) is 11.6 Å². The van der Waals surface area contributed by atoms with Gasteiger partial charge in [-0.05, 0) is 25.0 Å². The monoisotopic (exact) mass is 228 g/mol. The smallest absolute Gasteiger partial charge is 0.133 e. The lowest BCUT2D eigenvalue weighted by atomic mass is 9.98. The third-order valence-electron chi connectivity index (χ3n) is 2.73. The van der Waals surface area contributed by atoms with Crippen molar-refractivity contribution in [3.63, 3.8) is 0 Å². The van der Waals surface area contributed by atoms with E-state index >= 15 is 0 Å². The highest BCUT2D eigenvalue weighted by atomic mass is 35.5. The minimum Gasteiger partial charge on any atom is -0.300 e. The van der Waals surface area contributed by atoms with Gasteiger partial charge >= 0.3 is 0 Å². The Kier molecular flexibility index (Phi) is 3.24. The van der Waals surface area contributed by atoms with Crippen molar-refractivity contribution in [3.05, 3.63) is 21.3 Å². The summed E-state index contributed by atoms with van der Waals surface area (Å²) in [6, 6.07) is 3.99. The Labute approximate surface area is 93.1 Å². The van der Waals surface area contributed by atoms with E-state index in [9.17, 15) is 4.79 Å². The number of Topliss-reactive ketones (excluding diaryl/α,β-unsaturated/α-hetero) is 1. The van der Waals surface area contributed by atoms with Gasteiger partial charge in [-0.15, -0.1) is 11.3 Å². The number of carbonyl (C=O) groups is 1. The molecule has 0 saturated heterocycles. The van der Waals surface area contributed by atoms with Crippen molar-refractivity contribution in [2.45, 2.75) is 38.0 Å². The molecule has 0 N–H and O–H groups in total. The van der Waals surface area contributed by atoms with Crippen LogP contribution < -0.4 is 0 Å². The van der Waals surface area contributed by atoms with Gasteiger partial charge in [0.15, 0.2) is 0 Å². The minimum absolute atomic E-state index is 0.414. The number of halogens is 1. The molecule has 1 aliphatic carbocycles. The average Bonchev–Trinajstić information content (AvgIpc) is 2.45. The Morgan fingerprint density at radius 2 is 2.21 bits per heavy atom. The van der Waals surface area contributed by atoms with Crippen LogP contribution in [0.4, 0.5) is 0 Å². The molecule has 14 heavy (non-hydrogen) atoms. The van der Waals surface area contributed by atoms with Crippen LogP contribution in [0.2, 0.25) is 4.34 Å². The third-order valence-corrected chi connectivity index (χ3v) is 4.12. The Morgan fingerprint density at radius 3 is 2.93 bits per heavy atom. The number of hydrogen-bond acceptors (Lipinski definition) is 2. The van der Waals surface area contributed by atoms with Gasteiger partial charge in [-0.25, -0.2) is 0 Å². The zero-order valence-corrected chi connectivity index (χ0v) is 9.53. The van der Waals surface area contributed by atoms with Crippen LogP contribution in [0.15, 0.2) is 12.1 Å². The maximum absolute atomic E-state index is 11.4. The van der Waals surface area contributed by atoms with Crippen LogP contribution in [0.25, 0.3) is 0 Å². The molecule has 0 radical (unpaired) electrons. The Hall–Kier alpha value is -0.340. The lowest BCUT2D eigenvalue weighted by Crippen LogP contribution is -2.01. The number of hydrogen-bond donors (Lipinski definition) is 0. The van der Waals surface area contributed by atoms with Crippen molar-refractivity contribution >= 4 is 28.7 Å². The predicted octanol–water partition coefficient (Wildman–Crippen LogP) is 4.02. The van der Waals surface area contributed by atoms with Crippen LogP contribution in [0.1, 0.15) is 42.9 Å². The zero-order chi connectivity index (χ0) is 9.97. The molecular weight excluding hydrogens is 216 g/mol. The number of thiophene rings is 1. The van der Waals surface area contributed by atoms with Crippen molar-refractivity contribution in [1.29, 1.82) is 0 Å². The molecule has 2 rings (SSSR count). The van der Waals surface area contributed by atoms with Gasteiger partial charge in [-0.3, -0.25) is 4.79 Å². The Balaban J connectivity index is 2.12. The molecule has 1 saturated carbocycles. The molecule has 1 aromatic heterocycles. The van der Waals surface area contributed by atoms with Crippen LogP contribution in [-0.4, -0.2) is 5.78 Å². The maximum atomic E-state index is 11.4. The molecule has 1 heterocycles. The lowest BCUT2D eigenvalue weighted by molar-refractivity contribution is -0.119. The molecule has 0 bridgehead atoms. The van der Waals surface area contributed by atoms with E-state index in [1.165, 1.54) is 11.3 Å². The summed E-state index contributed by atoms with van der Waals surface area (Å²) in [7, 11) is 0. The normalized spacial score (nSPS) is 23.5. The second-order valence-corrected chi connectivity index (χ2v) is 5.57. The summed E-state index contributed by atoms with van der Waals surface area (Å²) in [5.41, 5.74) is 0. The number of rotatable bonds is 1. The molecular formula is C11H13ClOS. The molecule has 0 amide bonds. The summed E-state index contributed by atoms with van der Waals surface area (Å²) in [6.07, 6.45) is 4.87. The van der Waals surface area contributed by atoms with E-state index in [0.717, 1.165) is 30.0 Å². The lowest BCUT2D eigenvalue weighted by Gasteiger charge is -2.09. The van der Waals surface area contributed by atoms with Crippen molar-refractivity contribution in [3.8, 4) is 0 Å². The van der Waals surface area contributed by atoms with Gasteiger partial charge in [-0.1, -0.05) is 18.0 Å². The summed E-state index contributed by atoms with van der Waals surface area (Å²) in [4.78, 5) is 12.7. The van der Waals surface area contributed by atoms with Crippen LogP contribution in [0.3, 0.4) is 0 Å². The van der Waals surface area contributed by atoms with Crippen LogP contribution in [-0.2, 0) is 4.79 Å². The predicted molar refractivity (Wildman–Crippen MR) is 60.2 cm³/mol. The molecule has 0 aliphatic heterocycles. The molecule has 1 fully saturated rings. The first-order valence-corrected chi connectivity index (χ1v) is 6.22. The molecule has 1 aromatic rings. The van der Waals surface area contributed by atoms with Crippen LogP contribution >= 0.6 is 22.9 Å². The number of carbonyl (C=O) groups excluding carboxylic acids is 1. The highest BCUT2D eigenvalue weighted by Gasteiger charge is 2.20. The SMILES string of the molecule is O=C1CCCCC(c2ccc(Cl)s2)C1. The first kappa shape index (κ1) is 10.2. The van der Waals surface area contributed by atoms with Crippen molar-refractivity contribution < 1.29 is 4.79 Å². The Morgan fingerprint density at radius 1 is 1.36 bits per heavy atom.